The molecule has 0 bridgehead atoms. The lowest BCUT2D eigenvalue weighted by atomic mass is 10.0. The highest BCUT2D eigenvalue weighted by Gasteiger charge is 2.25. The van der Waals surface area contributed by atoms with Gasteiger partial charge in [-0.25, -0.2) is 4.39 Å². The summed E-state index contributed by atoms with van der Waals surface area (Å²) in [6.45, 7) is 0. The molecule has 1 saturated heterocycles. The maximum absolute atomic E-state index is 13.3. The van der Waals surface area contributed by atoms with Crippen LogP contribution < -0.4 is 11.3 Å². The molecular weight excluding hydrogens is 259 g/mol. The van der Waals surface area contributed by atoms with E-state index in [1.807, 2.05) is 17.8 Å². The molecule has 0 amide bonds. The highest BCUT2D eigenvalue weighted by atomic mass is 35.5. The van der Waals surface area contributed by atoms with Crippen LogP contribution in [0.4, 0.5) is 4.39 Å². The lowest BCUT2D eigenvalue weighted by Crippen LogP contribution is -2.43. The minimum Gasteiger partial charge on any atom is -0.271 e. The van der Waals surface area contributed by atoms with E-state index < -0.39 is 0 Å². The number of nitrogens with two attached hydrogens (primary N) is 1. The van der Waals surface area contributed by atoms with Crippen molar-refractivity contribution >= 4 is 23.4 Å². The second-order valence-corrected chi connectivity index (χ2v) is 6.03. The van der Waals surface area contributed by atoms with E-state index in [2.05, 4.69) is 5.43 Å². The number of rotatable bonds is 4. The molecule has 1 aromatic rings. The summed E-state index contributed by atoms with van der Waals surface area (Å²) >= 11 is 7.60. The molecule has 0 saturated carbocycles. The number of thioether (sulfide) groups is 1. The molecule has 0 aromatic heterocycles. The van der Waals surface area contributed by atoms with Gasteiger partial charge >= 0.3 is 0 Å². The van der Waals surface area contributed by atoms with Crippen molar-refractivity contribution in [2.24, 2.45) is 5.84 Å². The van der Waals surface area contributed by atoms with Crippen LogP contribution in [0.15, 0.2) is 18.2 Å². The van der Waals surface area contributed by atoms with Gasteiger partial charge in [-0.1, -0.05) is 17.7 Å². The first-order chi connectivity index (χ1) is 8.20. The van der Waals surface area contributed by atoms with Crippen molar-refractivity contribution in [1.29, 1.82) is 0 Å². The van der Waals surface area contributed by atoms with Crippen LogP contribution >= 0.6 is 23.4 Å². The van der Waals surface area contributed by atoms with Crippen molar-refractivity contribution < 1.29 is 4.39 Å². The normalized spacial score (nSPS) is 21.7. The van der Waals surface area contributed by atoms with Gasteiger partial charge in [-0.3, -0.25) is 11.3 Å². The summed E-state index contributed by atoms with van der Waals surface area (Å²) < 4.78 is 13.3. The van der Waals surface area contributed by atoms with E-state index in [9.17, 15) is 4.39 Å². The monoisotopic (exact) mass is 274 g/mol. The van der Waals surface area contributed by atoms with Crippen molar-refractivity contribution in [2.75, 3.05) is 5.75 Å². The Morgan fingerprint density at radius 3 is 3.00 bits per heavy atom. The molecule has 1 aliphatic heterocycles. The predicted molar refractivity (Wildman–Crippen MR) is 71.7 cm³/mol. The molecule has 1 fully saturated rings. The van der Waals surface area contributed by atoms with Crippen molar-refractivity contribution in [1.82, 2.24) is 5.43 Å². The maximum Gasteiger partial charge on any atom is 0.142 e. The summed E-state index contributed by atoms with van der Waals surface area (Å²) in [6.07, 6.45) is 3.15. The SMILES string of the molecule is NNC(Cc1ccc(Cl)c(F)c1)C1CCCS1. The third-order valence-electron chi connectivity index (χ3n) is 3.07. The number of hydrazine groups is 1. The van der Waals surface area contributed by atoms with Gasteiger partial charge in [0.1, 0.15) is 5.82 Å². The highest BCUT2D eigenvalue weighted by Crippen LogP contribution is 2.30. The first-order valence-corrected chi connectivity index (χ1v) is 7.15. The van der Waals surface area contributed by atoms with Gasteiger partial charge in [0.15, 0.2) is 0 Å². The first kappa shape index (κ1) is 13.1. The van der Waals surface area contributed by atoms with Crippen LogP contribution in [0.25, 0.3) is 0 Å². The third-order valence-corrected chi connectivity index (χ3v) is 4.89. The first-order valence-electron chi connectivity index (χ1n) is 5.72. The summed E-state index contributed by atoms with van der Waals surface area (Å²) in [6, 6.07) is 5.14. The Labute approximate surface area is 110 Å². The van der Waals surface area contributed by atoms with E-state index in [0.717, 1.165) is 12.0 Å². The molecular formula is C12H16ClFN2S. The topological polar surface area (TPSA) is 38.0 Å². The molecule has 1 aliphatic rings. The van der Waals surface area contributed by atoms with Crippen LogP contribution in [0.1, 0.15) is 18.4 Å². The average molecular weight is 275 g/mol. The summed E-state index contributed by atoms with van der Waals surface area (Å²) in [5, 5.41) is 0.694. The Balaban J connectivity index is 2.04. The fraction of sp³-hybridized carbons (Fsp3) is 0.500. The molecule has 0 spiro atoms. The van der Waals surface area contributed by atoms with Crippen molar-refractivity contribution in [3.05, 3.63) is 34.6 Å². The van der Waals surface area contributed by atoms with Crippen LogP contribution in [-0.4, -0.2) is 17.0 Å². The van der Waals surface area contributed by atoms with Crippen LogP contribution in [0.2, 0.25) is 5.02 Å². The van der Waals surface area contributed by atoms with Crippen LogP contribution in [0, 0.1) is 5.82 Å². The minimum absolute atomic E-state index is 0.168. The van der Waals surface area contributed by atoms with Gasteiger partial charge in [0.05, 0.1) is 5.02 Å². The molecule has 3 N–H and O–H groups in total. The van der Waals surface area contributed by atoms with E-state index in [1.165, 1.54) is 24.7 Å². The fourth-order valence-electron chi connectivity index (χ4n) is 2.14. The molecule has 0 aliphatic carbocycles. The van der Waals surface area contributed by atoms with Crippen LogP contribution in [0.5, 0.6) is 0 Å². The van der Waals surface area contributed by atoms with Crippen molar-refractivity contribution in [3.63, 3.8) is 0 Å². The van der Waals surface area contributed by atoms with Crippen molar-refractivity contribution in [3.8, 4) is 0 Å². The zero-order valence-electron chi connectivity index (χ0n) is 9.46. The second kappa shape index (κ2) is 6.05. The molecule has 94 valence electrons. The van der Waals surface area contributed by atoms with E-state index >= 15 is 0 Å². The minimum atomic E-state index is -0.362. The third kappa shape index (κ3) is 3.35. The van der Waals surface area contributed by atoms with Gasteiger partial charge in [0.25, 0.3) is 0 Å². The maximum atomic E-state index is 13.3. The molecule has 2 nitrogen and oxygen atoms in total. The lowest BCUT2D eigenvalue weighted by Gasteiger charge is -2.22. The second-order valence-electron chi connectivity index (χ2n) is 4.28. The van der Waals surface area contributed by atoms with E-state index in [4.69, 9.17) is 17.4 Å². The van der Waals surface area contributed by atoms with Gasteiger partial charge in [-0.2, -0.15) is 11.8 Å². The van der Waals surface area contributed by atoms with Gasteiger partial charge in [0.2, 0.25) is 0 Å². The average Bonchev–Trinajstić information content (AvgIpc) is 2.84. The predicted octanol–water partition coefficient (Wildman–Crippen LogP) is 2.75. The van der Waals surface area contributed by atoms with Gasteiger partial charge in [0, 0.05) is 11.3 Å². The zero-order valence-corrected chi connectivity index (χ0v) is 11.0. The Bertz CT molecular complexity index is 383. The number of hydrogen-bond acceptors (Lipinski definition) is 3. The van der Waals surface area contributed by atoms with Crippen LogP contribution in [0.3, 0.4) is 0 Å². The molecule has 0 radical (unpaired) electrons. The van der Waals surface area contributed by atoms with E-state index in [1.54, 1.807) is 6.07 Å². The zero-order chi connectivity index (χ0) is 12.3. The highest BCUT2D eigenvalue weighted by molar-refractivity contribution is 8.00. The Morgan fingerprint density at radius 2 is 2.41 bits per heavy atom. The van der Waals surface area contributed by atoms with Gasteiger partial charge in [-0.15, -0.1) is 0 Å². The number of halogens is 2. The molecule has 2 atom stereocenters. The number of hydrogen-bond donors (Lipinski definition) is 2. The summed E-state index contributed by atoms with van der Waals surface area (Å²) in [5.74, 6) is 6.42. The molecule has 2 unspecified atom stereocenters. The van der Waals surface area contributed by atoms with Crippen molar-refractivity contribution in [2.45, 2.75) is 30.6 Å². The smallest absolute Gasteiger partial charge is 0.142 e. The number of benzene rings is 1. The fourth-order valence-corrected chi connectivity index (χ4v) is 3.63. The van der Waals surface area contributed by atoms with Crippen LogP contribution in [-0.2, 0) is 6.42 Å². The van der Waals surface area contributed by atoms with Gasteiger partial charge < -0.3 is 0 Å². The lowest BCUT2D eigenvalue weighted by molar-refractivity contribution is 0.494. The Morgan fingerprint density at radius 1 is 1.59 bits per heavy atom. The van der Waals surface area contributed by atoms with E-state index in [0.29, 0.717) is 5.25 Å². The molecule has 2 rings (SSSR count). The largest absolute Gasteiger partial charge is 0.271 e. The quantitative estimate of drug-likeness (QED) is 0.655. The molecule has 1 heterocycles. The summed E-state index contributed by atoms with van der Waals surface area (Å²) in [4.78, 5) is 0. The Hall–Kier alpha value is -0.290. The Kier molecular flexibility index (Phi) is 4.68. The molecule has 5 heteroatoms. The molecule has 17 heavy (non-hydrogen) atoms. The summed E-state index contributed by atoms with van der Waals surface area (Å²) in [5.41, 5.74) is 3.78. The van der Waals surface area contributed by atoms with Gasteiger partial charge in [-0.05, 0) is 42.7 Å². The number of nitrogens with one attached hydrogen (secondary N) is 1. The van der Waals surface area contributed by atoms with E-state index in [-0.39, 0.29) is 16.9 Å². The molecule has 1 aromatic carbocycles. The summed E-state index contributed by atoms with van der Waals surface area (Å²) in [7, 11) is 0. The standard InChI is InChI=1S/C12H16ClFN2S/c13-9-4-3-8(6-10(9)14)7-11(16-15)12-2-1-5-17-12/h3-4,6,11-12,16H,1-2,5,7,15H2.